The van der Waals surface area contributed by atoms with Gasteiger partial charge in [0.05, 0.1) is 16.6 Å². The van der Waals surface area contributed by atoms with Crippen molar-refractivity contribution in [1.82, 2.24) is 4.40 Å². The Morgan fingerprint density at radius 2 is 1.23 bits per heavy atom. The van der Waals surface area contributed by atoms with Crippen molar-refractivity contribution in [1.29, 1.82) is 0 Å². The summed E-state index contributed by atoms with van der Waals surface area (Å²) in [4.78, 5) is 0. The molecule has 0 unspecified atom stereocenters. The highest BCUT2D eigenvalue weighted by Crippen LogP contribution is 2.37. The molecule has 0 fully saturated rings. The van der Waals surface area contributed by atoms with Gasteiger partial charge in [0.15, 0.2) is 0 Å². The number of hydrogen-bond donors (Lipinski definition) is 2. The zero-order valence-electron chi connectivity index (χ0n) is 11.7. The summed E-state index contributed by atoms with van der Waals surface area (Å²) in [5.74, 6) is 0. The van der Waals surface area contributed by atoms with Crippen LogP contribution in [0.1, 0.15) is 0 Å². The number of para-hydroxylation sites is 3. The maximum absolute atomic E-state index is 9.77. The molecule has 2 aromatic heterocycles. The second-order valence-corrected chi connectivity index (χ2v) is 5.67. The van der Waals surface area contributed by atoms with E-state index in [1.165, 1.54) is 10.8 Å². The zero-order chi connectivity index (χ0) is 14.8. The molecule has 0 aliphatic rings. The van der Waals surface area contributed by atoms with E-state index in [0.717, 1.165) is 27.3 Å². The Bertz CT molecular complexity index is 1160. The minimum absolute atomic E-state index is 0.538. The molecule has 22 heavy (non-hydrogen) atoms. The molecule has 0 bridgehead atoms. The lowest BCUT2D eigenvalue weighted by atomic mass is 9.79. The van der Waals surface area contributed by atoms with Gasteiger partial charge in [-0.3, -0.25) is 0 Å². The second kappa shape index (κ2) is 4.00. The van der Waals surface area contributed by atoms with E-state index < -0.39 is 7.12 Å². The molecule has 3 nitrogen and oxygen atoms in total. The van der Waals surface area contributed by atoms with Gasteiger partial charge >= 0.3 is 7.12 Å². The van der Waals surface area contributed by atoms with E-state index in [9.17, 15) is 10.0 Å². The third-order valence-electron chi connectivity index (χ3n) is 4.55. The van der Waals surface area contributed by atoms with E-state index in [4.69, 9.17) is 0 Å². The van der Waals surface area contributed by atoms with Crippen LogP contribution in [0.25, 0.3) is 38.1 Å². The Morgan fingerprint density at radius 1 is 0.636 bits per heavy atom. The molecule has 3 aromatic carbocycles. The molecule has 0 saturated carbocycles. The highest BCUT2D eigenvalue weighted by atomic mass is 16.4. The summed E-state index contributed by atoms with van der Waals surface area (Å²) in [6.07, 6.45) is 0. The summed E-state index contributed by atoms with van der Waals surface area (Å²) in [6.45, 7) is 0. The Hall–Kier alpha value is -2.56. The molecule has 5 aromatic rings. The molecule has 0 spiro atoms. The lowest BCUT2D eigenvalue weighted by molar-refractivity contribution is 0.426. The molecule has 2 heterocycles. The van der Waals surface area contributed by atoms with E-state index in [0.29, 0.717) is 5.46 Å². The Balaban J connectivity index is 2.23. The van der Waals surface area contributed by atoms with E-state index >= 15 is 0 Å². The van der Waals surface area contributed by atoms with Crippen LogP contribution in [0.5, 0.6) is 0 Å². The van der Waals surface area contributed by atoms with Crippen LogP contribution in [-0.4, -0.2) is 21.6 Å². The molecule has 0 radical (unpaired) electrons. The first kappa shape index (κ1) is 12.0. The van der Waals surface area contributed by atoms with Gasteiger partial charge < -0.3 is 14.4 Å². The number of nitrogens with zero attached hydrogens (tertiary/aromatic N) is 1. The van der Waals surface area contributed by atoms with Gasteiger partial charge in [-0.05, 0) is 6.07 Å². The highest BCUT2D eigenvalue weighted by molar-refractivity contribution is 6.62. The van der Waals surface area contributed by atoms with Crippen LogP contribution < -0.4 is 5.46 Å². The van der Waals surface area contributed by atoms with Crippen molar-refractivity contribution < 1.29 is 10.0 Å². The monoisotopic (exact) mass is 285 g/mol. The van der Waals surface area contributed by atoms with Crippen molar-refractivity contribution >= 4 is 50.7 Å². The average molecular weight is 285 g/mol. The first-order chi connectivity index (χ1) is 10.8. The fraction of sp³-hybridized carbons (Fsp3) is 0. The van der Waals surface area contributed by atoms with Crippen LogP contribution in [0.15, 0.2) is 60.7 Å². The Labute approximate surface area is 126 Å². The third kappa shape index (κ3) is 1.29. The first-order valence-electron chi connectivity index (χ1n) is 7.29. The molecule has 2 N–H and O–H groups in total. The highest BCUT2D eigenvalue weighted by Gasteiger charge is 2.22. The maximum atomic E-state index is 9.77. The largest absolute Gasteiger partial charge is 0.490 e. The first-order valence-corrected chi connectivity index (χ1v) is 7.29. The Morgan fingerprint density at radius 3 is 2.00 bits per heavy atom. The molecule has 4 heteroatoms. The molecule has 104 valence electrons. The number of aromatic nitrogens is 1. The molecule has 0 aliphatic heterocycles. The smallest absolute Gasteiger partial charge is 0.423 e. The van der Waals surface area contributed by atoms with Crippen molar-refractivity contribution in [3.8, 4) is 0 Å². The number of rotatable bonds is 1. The van der Waals surface area contributed by atoms with Crippen molar-refractivity contribution in [3.63, 3.8) is 0 Å². The van der Waals surface area contributed by atoms with E-state index in [1.807, 2.05) is 24.3 Å². The number of fused-ring (bicyclic) bond motifs is 6. The van der Waals surface area contributed by atoms with Crippen LogP contribution in [0.3, 0.4) is 0 Å². The van der Waals surface area contributed by atoms with Crippen molar-refractivity contribution in [3.05, 3.63) is 60.7 Å². The van der Waals surface area contributed by atoms with Crippen molar-refractivity contribution in [2.24, 2.45) is 0 Å². The van der Waals surface area contributed by atoms with E-state index in [2.05, 4.69) is 34.7 Å². The molecular formula is C18H12BNO2. The standard InChI is InChI=1S/C18H12BNO2/c21-19(22)15-9-4-8-14-13-7-3-6-12-11-5-1-2-10-16(11)20(17(12)13)18(14)15/h1-10,21-22H. The van der Waals surface area contributed by atoms with Gasteiger partial charge in [-0.25, -0.2) is 0 Å². The van der Waals surface area contributed by atoms with Gasteiger partial charge in [-0.2, -0.15) is 0 Å². The fourth-order valence-electron chi connectivity index (χ4n) is 3.70. The van der Waals surface area contributed by atoms with Gasteiger partial charge in [0, 0.05) is 27.0 Å². The van der Waals surface area contributed by atoms with Gasteiger partial charge in [0.25, 0.3) is 0 Å². The number of benzene rings is 3. The summed E-state index contributed by atoms with van der Waals surface area (Å²) in [5, 5.41) is 24.1. The van der Waals surface area contributed by atoms with Gasteiger partial charge in [-0.15, -0.1) is 0 Å². The summed E-state index contributed by atoms with van der Waals surface area (Å²) in [6, 6.07) is 20.2. The molecular weight excluding hydrogens is 273 g/mol. The summed E-state index contributed by atoms with van der Waals surface area (Å²) in [7, 11) is -1.49. The molecule has 5 rings (SSSR count). The summed E-state index contributed by atoms with van der Waals surface area (Å²) >= 11 is 0. The van der Waals surface area contributed by atoms with Crippen LogP contribution in [0.2, 0.25) is 0 Å². The summed E-state index contributed by atoms with van der Waals surface area (Å²) in [5.41, 5.74) is 3.66. The van der Waals surface area contributed by atoms with E-state index in [1.54, 1.807) is 6.07 Å². The van der Waals surface area contributed by atoms with Gasteiger partial charge in [0.1, 0.15) is 0 Å². The molecule has 0 saturated heterocycles. The van der Waals surface area contributed by atoms with Crippen LogP contribution >= 0.6 is 0 Å². The lowest BCUT2D eigenvalue weighted by Gasteiger charge is -2.04. The van der Waals surface area contributed by atoms with E-state index in [-0.39, 0.29) is 0 Å². The minimum Gasteiger partial charge on any atom is -0.423 e. The van der Waals surface area contributed by atoms with Gasteiger partial charge in [0.2, 0.25) is 0 Å². The fourth-order valence-corrected chi connectivity index (χ4v) is 3.70. The van der Waals surface area contributed by atoms with Crippen LogP contribution in [0.4, 0.5) is 0 Å². The van der Waals surface area contributed by atoms with Crippen LogP contribution in [0, 0.1) is 0 Å². The van der Waals surface area contributed by atoms with Crippen molar-refractivity contribution in [2.45, 2.75) is 0 Å². The number of hydrogen-bond acceptors (Lipinski definition) is 2. The predicted molar refractivity (Wildman–Crippen MR) is 90.9 cm³/mol. The SMILES string of the molecule is OB(O)c1cccc2c3cccc4c5ccccc5n(c12)c43. The molecule has 0 aliphatic carbocycles. The zero-order valence-corrected chi connectivity index (χ0v) is 11.7. The normalized spacial score (nSPS) is 12.1. The average Bonchev–Trinajstić information content (AvgIpc) is 3.06. The second-order valence-electron chi connectivity index (χ2n) is 5.67. The topological polar surface area (TPSA) is 44.9 Å². The maximum Gasteiger partial charge on any atom is 0.490 e. The van der Waals surface area contributed by atoms with Crippen LogP contribution in [-0.2, 0) is 0 Å². The quantitative estimate of drug-likeness (QED) is 0.465. The molecule has 0 amide bonds. The van der Waals surface area contributed by atoms with Crippen molar-refractivity contribution in [2.75, 3.05) is 0 Å². The predicted octanol–water partition coefficient (Wildman–Crippen LogP) is 2.52. The minimum atomic E-state index is -1.49. The third-order valence-corrected chi connectivity index (χ3v) is 4.55. The summed E-state index contributed by atoms with van der Waals surface area (Å²) < 4.78 is 2.16. The molecule has 0 atom stereocenters. The lowest BCUT2D eigenvalue weighted by Crippen LogP contribution is -2.30. The van der Waals surface area contributed by atoms with Gasteiger partial charge in [-0.1, -0.05) is 54.6 Å². The Kier molecular flexibility index (Phi) is 2.19.